The topological polar surface area (TPSA) is 3.24 Å². The van der Waals surface area contributed by atoms with Crippen molar-refractivity contribution in [3.8, 4) is 12.3 Å². The fourth-order valence-corrected chi connectivity index (χ4v) is 1.48. The van der Waals surface area contributed by atoms with Gasteiger partial charge >= 0.3 is 0 Å². The molecule has 0 unspecified atom stereocenters. The summed E-state index contributed by atoms with van der Waals surface area (Å²) in [6.45, 7) is 1.71. The molecule has 0 radical (unpaired) electrons. The summed E-state index contributed by atoms with van der Waals surface area (Å²) in [4.78, 5) is 2.14. The third-order valence-electron chi connectivity index (χ3n) is 2.20. The molecular formula is C13H16FN. The maximum atomic E-state index is 12.9. The molecule has 0 bridgehead atoms. The Bertz CT molecular complexity index is 341. The van der Waals surface area contributed by atoms with Crippen molar-refractivity contribution >= 4 is 0 Å². The van der Waals surface area contributed by atoms with Gasteiger partial charge in [0.15, 0.2) is 0 Å². The Morgan fingerprint density at radius 2 is 2.27 bits per heavy atom. The molecule has 1 aromatic rings. The number of terminal acetylenes is 1. The predicted molar refractivity (Wildman–Crippen MR) is 60.8 cm³/mol. The molecule has 0 saturated heterocycles. The van der Waals surface area contributed by atoms with E-state index in [1.807, 2.05) is 13.1 Å². The lowest BCUT2D eigenvalue weighted by atomic mass is 10.2. The third-order valence-corrected chi connectivity index (χ3v) is 2.20. The Morgan fingerprint density at radius 1 is 1.47 bits per heavy atom. The Kier molecular flexibility index (Phi) is 4.86. The second kappa shape index (κ2) is 6.21. The molecule has 2 heteroatoms. The largest absolute Gasteiger partial charge is 0.302 e. The van der Waals surface area contributed by atoms with E-state index in [0.717, 1.165) is 31.5 Å². The molecule has 0 aliphatic heterocycles. The molecule has 1 nitrogen and oxygen atoms in total. The van der Waals surface area contributed by atoms with Crippen molar-refractivity contribution in [1.82, 2.24) is 4.90 Å². The van der Waals surface area contributed by atoms with Crippen molar-refractivity contribution in [3.05, 3.63) is 35.6 Å². The van der Waals surface area contributed by atoms with Crippen molar-refractivity contribution < 1.29 is 4.39 Å². The Morgan fingerprint density at radius 3 is 2.93 bits per heavy atom. The third kappa shape index (κ3) is 4.62. The summed E-state index contributed by atoms with van der Waals surface area (Å²) in [5.41, 5.74) is 0.998. The van der Waals surface area contributed by atoms with Gasteiger partial charge in [0.05, 0.1) is 0 Å². The SMILES string of the molecule is C#CCCCN(C)Cc1cccc(F)c1. The van der Waals surface area contributed by atoms with E-state index in [2.05, 4.69) is 10.8 Å². The average Bonchev–Trinajstić information content (AvgIpc) is 2.18. The molecule has 0 aliphatic rings. The van der Waals surface area contributed by atoms with E-state index in [-0.39, 0.29) is 5.82 Å². The van der Waals surface area contributed by atoms with Crippen LogP contribution >= 0.6 is 0 Å². The molecule has 0 saturated carbocycles. The van der Waals surface area contributed by atoms with Gasteiger partial charge in [-0.25, -0.2) is 4.39 Å². The van der Waals surface area contributed by atoms with E-state index in [4.69, 9.17) is 6.42 Å². The predicted octanol–water partition coefficient (Wildman–Crippen LogP) is 2.67. The van der Waals surface area contributed by atoms with Gasteiger partial charge in [-0.3, -0.25) is 0 Å². The van der Waals surface area contributed by atoms with Crippen LogP contribution in [0.5, 0.6) is 0 Å². The molecular weight excluding hydrogens is 189 g/mol. The van der Waals surface area contributed by atoms with Crippen LogP contribution in [0, 0.1) is 18.2 Å². The van der Waals surface area contributed by atoms with Crippen LogP contribution in [-0.4, -0.2) is 18.5 Å². The van der Waals surface area contributed by atoms with Crippen LogP contribution in [0.1, 0.15) is 18.4 Å². The molecule has 1 aromatic carbocycles. The number of hydrogen-bond acceptors (Lipinski definition) is 1. The van der Waals surface area contributed by atoms with Crippen LogP contribution in [0.15, 0.2) is 24.3 Å². The lowest BCUT2D eigenvalue weighted by molar-refractivity contribution is 0.323. The standard InChI is InChI=1S/C13H16FN/c1-3-4-5-9-15(2)11-12-7-6-8-13(14)10-12/h1,6-8,10H,4-5,9,11H2,2H3. The molecule has 0 fully saturated rings. The zero-order valence-electron chi connectivity index (χ0n) is 9.04. The molecule has 0 aliphatic carbocycles. The van der Waals surface area contributed by atoms with E-state index in [0.29, 0.717) is 0 Å². The first-order valence-electron chi connectivity index (χ1n) is 5.09. The smallest absolute Gasteiger partial charge is 0.123 e. The zero-order valence-corrected chi connectivity index (χ0v) is 9.04. The van der Waals surface area contributed by atoms with Crippen molar-refractivity contribution in [2.75, 3.05) is 13.6 Å². The molecule has 80 valence electrons. The molecule has 0 N–H and O–H groups in total. The maximum absolute atomic E-state index is 12.9. The minimum atomic E-state index is -0.176. The van der Waals surface area contributed by atoms with Gasteiger partial charge in [-0.2, -0.15) is 0 Å². The molecule has 1 rings (SSSR count). The Hall–Kier alpha value is -1.33. The minimum absolute atomic E-state index is 0.176. The van der Waals surface area contributed by atoms with E-state index in [9.17, 15) is 4.39 Å². The van der Waals surface area contributed by atoms with Gasteiger partial charge < -0.3 is 4.90 Å². The van der Waals surface area contributed by atoms with E-state index in [1.54, 1.807) is 12.1 Å². The van der Waals surface area contributed by atoms with Crippen molar-refractivity contribution in [1.29, 1.82) is 0 Å². The number of hydrogen-bond donors (Lipinski definition) is 0. The maximum Gasteiger partial charge on any atom is 0.123 e. The van der Waals surface area contributed by atoms with Gasteiger partial charge in [0.1, 0.15) is 5.82 Å². The molecule has 0 atom stereocenters. The summed E-state index contributed by atoms with van der Waals surface area (Å²) < 4.78 is 12.9. The summed E-state index contributed by atoms with van der Waals surface area (Å²) in [6.07, 6.45) is 6.96. The lowest BCUT2D eigenvalue weighted by Crippen LogP contribution is -2.18. The van der Waals surface area contributed by atoms with Crippen LogP contribution in [0.25, 0.3) is 0 Å². The van der Waals surface area contributed by atoms with Crippen LogP contribution in [0.3, 0.4) is 0 Å². The summed E-state index contributed by atoms with van der Waals surface area (Å²) in [6, 6.07) is 6.69. The summed E-state index contributed by atoms with van der Waals surface area (Å²) in [7, 11) is 2.02. The number of benzene rings is 1. The number of rotatable bonds is 5. The highest BCUT2D eigenvalue weighted by Gasteiger charge is 2.00. The second-order valence-corrected chi connectivity index (χ2v) is 3.68. The highest BCUT2D eigenvalue weighted by Crippen LogP contribution is 2.06. The molecule has 0 aromatic heterocycles. The highest BCUT2D eigenvalue weighted by molar-refractivity contribution is 5.15. The van der Waals surface area contributed by atoms with Gasteiger partial charge in [0, 0.05) is 13.0 Å². The van der Waals surface area contributed by atoms with E-state index >= 15 is 0 Å². The van der Waals surface area contributed by atoms with Gasteiger partial charge in [-0.05, 0) is 37.7 Å². The van der Waals surface area contributed by atoms with Gasteiger partial charge in [-0.15, -0.1) is 12.3 Å². The van der Waals surface area contributed by atoms with Crippen LogP contribution < -0.4 is 0 Å². The van der Waals surface area contributed by atoms with E-state index in [1.165, 1.54) is 6.07 Å². The summed E-state index contributed by atoms with van der Waals surface area (Å²) >= 11 is 0. The van der Waals surface area contributed by atoms with Gasteiger partial charge in [-0.1, -0.05) is 12.1 Å². The number of unbranched alkanes of at least 4 members (excludes halogenated alkanes) is 1. The van der Waals surface area contributed by atoms with E-state index < -0.39 is 0 Å². The summed E-state index contributed by atoms with van der Waals surface area (Å²) in [5, 5.41) is 0. The molecule has 0 heterocycles. The van der Waals surface area contributed by atoms with Gasteiger partial charge in [0.25, 0.3) is 0 Å². The monoisotopic (exact) mass is 205 g/mol. The normalized spacial score (nSPS) is 10.3. The fraction of sp³-hybridized carbons (Fsp3) is 0.385. The van der Waals surface area contributed by atoms with Crippen LogP contribution in [0.4, 0.5) is 4.39 Å². The van der Waals surface area contributed by atoms with Crippen LogP contribution in [-0.2, 0) is 6.54 Å². The average molecular weight is 205 g/mol. The number of halogens is 1. The molecule has 0 spiro atoms. The first kappa shape index (κ1) is 11.7. The Labute approximate surface area is 90.9 Å². The molecule has 15 heavy (non-hydrogen) atoms. The van der Waals surface area contributed by atoms with Crippen LogP contribution in [0.2, 0.25) is 0 Å². The first-order chi connectivity index (χ1) is 7.22. The minimum Gasteiger partial charge on any atom is -0.302 e. The lowest BCUT2D eigenvalue weighted by Gasteiger charge is -2.15. The number of nitrogens with zero attached hydrogens (tertiary/aromatic N) is 1. The Balaban J connectivity index is 2.38. The van der Waals surface area contributed by atoms with Crippen molar-refractivity contribution in [3.63, 3.8) is 0 Å². The second-order valence-electron chi connectivity index (χ2n) is 3.68. The quantitative estimate of drug-likeness (QED) is 0.527. The first-order valence-corrected chi connectivity index (χ1v) is 5.09. The highest BCUT2D eigenvalue weighted by atomic mass is 19.1. The van der Waals surface area contributed by atoms with Crippen molar-refractivity contribution in [2.45, 2.75) is 19.4 Å². The molecule has 0 amide bonds. The summed E-state index contributed by atoms with van der Waals surface area (Å²) in [5.74, 6) is 2.43. The van der Waals surface area contributed by atoms with Gasteiger partial charge in [0.2, 0.25) is 0 Å². The fourth-order valence-electron chi connectivity index (χ4n) is 1.48. The van der Waals surface area contributed by atoms with Crippen molar-refractivity contribution in [2.24, 2.45) is 0 Å². The zero-order chi connectivity index (χ0) is 11.1.